The van der Waals surface area contributed by atoms with Crippen LogP contribution in [0.4, 0.5) is 10.5 Å². The smallest absolute Gasteiger partial charge is 0.282 e. The van der Waals surface area contributed by atoms with Gasteiger partial charge in [-0.3, -0.25) is 19.7 Å². The first-order chi connectivity index (χ1) is 10.1. The van der Waals surface area contributed by atoms with Crippen molar-refractivity contribution in [2.75, 3.05) is 5.01 Å². The van der Waals surface area contributed by atoms with E-state index in [0.29, 0.717) is 11.4 Å². The minimum Gasteiger partial charge on any atom is -0.282 e. The molecule has 3 amide bonds. The number of carbonyl (C=O) groups excluding carboxylic acids is 3. The van der Waals surface area contributed by atoms with Crippen molar-refractivity contribution in [2.24, 2.45) is 11.0 Å². The summed E-state index contributed by atoms with van der Waals surface area (Å²) in [6.45, 7) is 1.72. The molecule has 1 aromatic carbocycles. The molecule has 1 atom stereocenters. The third-order valence-corrected chi connectivity index (χ3v) is 3.97. The molecule has 1 saturated heterocycles. The van der Waals surface area contributed by atoms with Crippen molar-refractivity contribution in [3.8, 4) is 0 Å². The fourth-order valence-corrected chi connectivity index (χ4v) is 2.80. The normalized spacial score (nSPS) is 23.8. The topological polar surface area (TPSA) is 78.8 Å². The Morgan fingerprint density at radius 2 is 1.95 bits per heavy atom. The highest BCUT2D eigenvalue weighted by Crippen LogP contribution is 2.29. The first-order valence-corrected chi connectivity index (χ1v) is 7.07. The predicted octanol–water partition coefficient (Wildman–Crippen LogP) is 1.89. The number of rotatable bonds is 2. The maximum atomic E-state index is 12.4. The molecule has 106 valence electrons. The SMILES string of the molecule is CC1=NN(c2ccccc2)C(=O)[C@@H]1/C=C1/SC(=O)NC1=O. The summed E-state index contributed by atoms with van der Waals surface area (Å²) in [7, 11) is 0. The summed E-state index contributed by atoms with van der Waals surface area (Å²) in [5.74, 6) is -1.33. The summed E-state index contributed by atoms with van der Waals surface area (Å²) in [6.07, 6.45) is 1.50. The van der Waals surface area contributed by atoms with Gasteiger partial charge in [0.05, 0.1) is 22.2 Å². The zero-order valence-electron chi connectivity index (χ0n) is 11.1. The quantitative estimate of drug-likeness (QED) is 0.846. The molecule has 0 unspecified atom stereocenters. The maximum Gasteiger partial charge on any atom is 0.290 e. The van der Waals surface area contributed by atoms with E-state index in [1.54, 1.807) is 19.1 Å². The largest absolute Gasteiger partial charge is 0.290 e. The van der Waals surface area contributed by atoms with Crippen LogP contribution in [0.25, 0.3) is 0 Å². The third kappa shape index (κ3) is 2.47. The number of hydrazone groups is 1. The minimum atomic E-state index is -0.621. The third-order valence-electron chi connectivity index (χ3n) is 3.14. The molecule has 0 bridgehead atoms. The molecule has 6 nitrogen and oxygen atoms in total. The van der Waals surface area contributed by atoms with E-state index in [2.05, 4.69) is 10.4 Å². The van der Waals surface area contributed by atoms with Gasteiger partial charge in [0.15, 0.2) is 0 Å². The van der Waals surface area contributed by atoms with E-state index in [4.69, 9.17) is 0 Å². The van der Waals surface area contributed by atoms with Crippen LogP contribution in [0.1, 0.15) is 6.92 Å². The number of nitrogens with zero attached hydrogens (tertiary/aromatic N) is 2. The van der Waals surface area contributed by atoms with E-state index < -0.39 is 17.1 Å². The molecule has 2 aliphatic rings. The van der Waals surface area contributed by atoms with E-state index in [0.717, 1.165) is 11.8 Å². The molecule has 0 saturated carbocycles. The van der Waals surface area contributed by atoms with E-state index in [1.165, 1.54) is 11.1 Å². The molecule has 0 aromatic heterocycles. The lowest BCUT2D eigenvalue weighted by molar-refractivity contribution is -0.118. The van der Waals surface area contributed by atoms with Crippen molar-refractivity contribution in [2.45, 2.75) is 6.92 Å². The number of carbonyl (C=O) groups is 3. The van der Waals surface area contributed by atoms with Crippen molar-refractivity contribution in [1.82, 2.24) is 5.32 Å². The van der Waals surface area contributed by atoms with Crippen molar-refractivity contribution in [3.63, 3.8) is 0 Å². The highest BCUT2D eigenvalue weighted by molar-refractivity contribution is 8.18. The predicted molar refractivity (Wildman–Crippen MR) is 79.7 cm³/mol. The van der Waals surface area contributed by atoms with Gasteiger partial charge in [0.25, 0.3) is 17.1 Å². The average Bonchev–Trinajstić information content (AvgIpc) is 2.93. The fraction of sp³-hybridized carbons (Fsp3) is 0.143. The zero-order chi connectivity index (χ0) is 15.0. The Kier molecular flexibility index (Phi) is 3.34. The second kappa shape index (κ2) is 5.17. The standard InChI is InChI=1S/C14H11N3O3S/c1-8-10(7-11-12(18)15-14(20)21-11)13(19)17(16-8)9-5-3-2-4-6-9/h2-7,10H,1H3,(H,15,18,20)/b11-7+/t10-/m1/s1. The first kappa shape index (κ1) is 13.6. The molecule has 3 rings (SSSR count). The van der Waals surface area contributed by atoms with Crippen LogP contribution in [-0.4, -0.2) is 22.8 Å². The number of amides is 3. The lowest BCUT2D eigenvalue weighted by Crippen LogP contribution is -2.26. The molecule has 1 aromatic rings. The van der Waals surface area contributed by atoms with Gasteiger partial charge < -0.3 is 0 Å². The van der Waals surface area contributed by atoms with Crippen molar-refractivity contribution >= 4 is 40.2 Å². The van der Waals surface area contributed by atoms with E-state index in [9.17, 15) is 14.4 Å². The summed E-state index contributed by atoms with van der Waals surface area (Å²) in [5.41, 5.74) is 1.26. The number of imide groups is 1. The molecule has 0 aliphatic carbocycles. The fourth-order valence-electron chi connectivity index (χ4n) is 2.11. The van der Waals surface area contributed by atoms with Crippen LogP contribution in [-0.2, 0) is 9.59 Å². The Balaban J connectivity index is 1.88. The highest BCUT2D eigenvalue weighted by atomic mass is 32.2. The van der Waals surface area contributed by atoms with Crippen LogP contribution in [0.5, 0.6) is 0 Å². The molecule has 1 fully saturated rings. The van der Waals surface area contributed by atoms with Crippen LogP contribution in [0.2, 0.25) is 0 Å². The van der Waals surface area contributed by atoms with Crippen molar-refractivity contribution in [3.05, 3.63) is 41.3 Å². The average molecular weight is 301 g/mol. The van der Waals surface area contributed by atoms with Crippen LogP contribution < -0.4 is 10.3 Å². The zero-order valence-corrected chi connectivity index (χ0v) is 11.9. The second-order valence-corrected chi connectivity index (χ2v) is 5.59. The van der Waals surface area contributed by atoms with Crippen LogP contribution in [0.15, 0.2) is 46.4 Å². The van der Waals surface area contributed by atoms with Crippen molar-refractivity contribution < 1.29 is 14.4 Å². The number of thioether (sulfide) groups is 1. The molecule has 0 spiro atoms. The minimum absolute atomic E-state index is 0.237. The van der Waals surface area contributed by atoms with E-state index in [1.807, 2.05) is 18.2 Å². The van der Waals surface area contributed by atoms with Crippen molar-refractivity contribution in [1.29, 1.82) is 0 Å². The number of anilines is 1. The Hall–Kier alpha value is -2.41. The maximum absolute atomic E-state index is 12.4. The van der Waals surface area contributed by atoms with Gasteiger partial charge in [-0.2, -0.15) is 10.1 Å². The van der Waals surface area contributed by atoms with Gasteiger partial charge in [-0.05, 0) is 36.9 Å². The number of hydrogen-bond acceptors (Lipinski definition) is 5. The van der Waals surface area contributed by atoms with E-state index >= 15 is 0 Å². The van der Waals surface area contributed by atoms with Crippen LogP contribution in [0.3, 0.4) is 0 Å². The first-order valence-electron chi connectivity index (χ1n) is 6.25. The summed E-state index contributed by atoms with van der Waals surface area (Å²) in [5, 5.41) is 7.29. The molecule has 1 N–H and O–H groups in total. The Morgan fingerprint density at radius 1 is 1.24 bits per heavy atom. The summed E-state index contributed by atoms with van der Waals surface area (Å²) < 4.78 is 0. The molecule has 7 heteroatoms. The second-order valence-electron chi connectivity index (χ2n) is 4.58. The number of benzene rings is 1. The molecular weight excluding hydrogens is 290 g/mol. The number of para-hydroxylation sites is 1. The van der Waals surface area contributed by atoms with Crippen LogP contribution in [0, 0.1) is 5.92 Å². The summed E-state index contributed by atoms with van der Waals surface area (Å²) >= 11 is 0.797. The molecule has 2 heterocycles. The molecule has 2 aliphatic heterocycles. The van der Waals surface area contributed by atoms with E-state index in [-0.39, 0.29) is 10.8 Å². The molecule has 21 heavy (non-hydrogen) atoms. The van der Waals surface area contributed by atoms with Gasteiger partial charge in [-0.15, -0.1) is 0 Å². The van der Waals surface area contributed by atoms with Gasteiger partial charge >= 0.3 is 0 Å². The van der Waals surface area contributed by atoms with Crippen LogP contribution >= 0.6 is 11.8 Å². The monoisotopic (exact) mass is 301 g/mol. The highest BCUT2D eigenvalue weighted by Gasteiger charge is 2.35. The van der Waals surface area contributed by atoms with Gasteiger partial charge in [0, 0.05) is 0 Å². The summed E-state index contributed by atoms with van der Waals surface area (Å²) in [4.78, 5) is 35.4. The number of nitrogens with one attached hydrogen (secondary N) is 1. The Morgan fingerprint density at radius 3 is 2.57 bits per heavy atom. The van der Waals surface area contributed by atoms with Gasteiger partial charge in [0.1, 0.15) is 0 Å². The summed E-state index contributed by atoms with van der Waals surface area (Å²) in [6, 6.07) is 9.05. The Bertz CT molecular complexity index is 697. The van der Waals surface area contributed by atoms with Gasteiger partial charge in [-0.1, -0.05) is 18.2 Å². The molecular formula is C14H11N3O3S. The van der Waals surface area contributed by atoms with Gasteiger partial charge in [-0.25, -0.2) is 0 Å². The lowest BCUT2D eigenvalue weighted by Gasteiger charge is -2.12. The number of hydrogen-bond donors (Lipinski definition) is 1. The lowest BCUT2D eigenvalue weighted by atomic mass is 10.0. The van der Waals surface area contributed by atoms with Gasteiger partial charge in [0.2, 0.25) is 0 Å². The Labute approximate surface area is 124 Å². The molecule has 0 radical (unpaired) electrons.